The van der Waals surface area contributed by atoms with Crippen molar-refractivity contribution in [3.63, 3.8) is 0 Å². The first-order valence-corrected chi connectivity index (χ1v) is 11.4. The number of aliphatic imine (C=N–C) groups is 1. The van der Waals surface area contributed by atoms with E-state index in [9.17, 15) is 0 Å². The van der Waals surface area contributed by atoms with E-state index in [1.54, 1.807) is 14.2 Å². The molecule has 0 aromatic heterocycles. The zero-order chi connectivity index (χ0) is 19.8. The minimum Gasteiger partial charge on any atom is -0.493 e. The Morgan fingerprint density at radius 3 is 2.62 bits per heavy atom. The van der Waals surface area contributed by atoms with Crippen LogP contribution in [-0.4, -0.2) is 68.8 Å². The highest BCUT2D eigenvalue weighted by atomic mass is 127. The molecule has 0 radical (unpaired) electrons. The molecule has 2 aliphatic heterocycles. The summed E-state index contributed by atoms with van der Waals surface area (Å²) in [5.41, 5.74) is 2.70. The largest absolute Gasteiger partial charge is 0.493 e. The van der Waals surface area contributed by atoms with Crippen LogP contribution in [0.4, 0.5) is 0 Å². The zero-order valence-corrected chi connectivity index (χ0v) is 21.0. The van der Waals surface area contributed by atoms with Gasteiger partial charge in [0.1, 0.15) is 0 Å². The van der Waals surface area contributed by atoms with E-state index in [1.807, 2.05) is 0 Å². The van der Waals surface area contributed by atoms with Crippen LogP contribution in [-0.2, 0) is 13.0 Å². The van der Waals surface area contributed by atoms with Crippen molar-refractivity contribution in [1.82, 2.24) is 15.5 Å². The monoisotopic (exact) mass is 534 g/mol. The third kappa shape index (κ3) is 7.10. The maximum atomic E-state index is 5.46. The number of thioether (sulfide) groups is 1. The topological polar surface area (TPSA) is 58.1 Å². The summed E-state index contributed by atoms with van der Waals surface area (Å²) in [6.45, 7) is 7.83. The summed E-state index contributed by atoms with van der Waals surface area (Å²) >= 11 is 2.06. The SMILES string of the molecule is CCNC(=NCC1CCCS1)NCCN1CCc2cc(OC)c(OC)cc2C1.I. The van der Waals surface area contributed by atoms with Crippen molar-refractivity contribution in [2.24, 2.45) is 4.99 Å². The maximum absolute atomic E-state index is 5.46. The predicted octanol–water partition coefficient (Wildman–Crippen LogP) is 3.13. The number of benzene rings is 1. The fraction of sp³-hybridized carbons (Fsp3) is 0.667. The number of methoxy groups -OCH3 is 2. The van der Waals surface area contributed by atoms with Crippen molar-refractivity contribution in [1.29, 1.82) is 0 Å². The number of guanidine groups is 1. The average Bonchev–Trinajstić information content (AvgIpc) is 3.24. The summed E-state index contributed by atoms with van der Waals surface area (Å²) in [4.78, 5) is 7.26. The predicted molar refractivity (Wildman–Crippen MR) is 133 cm³/mol. The Labute approximate surface area is 196 Å². The van der Waals surface area contributed by atoms with Crippen molar-refractivity contribution in [3.8, 4) is 11.5 Å². The maximum Gasteiger partial charge on any atom is 0.191 e. The quantitative estimate of drug-likeness (QED) is 0.304. The highest BCUT2D eigenvalue weighted by Gasteiger charge is 2.19. The molecule has 1 aromatic rings. The fourth-order valence-electron chi connectivity index (χ4n) is 3.79. The van der Waals surface area contributed by atoms with Gasteiger partial charge in [-0.2, -0.15) is 11.8 Å². The molecule has 0 spiro atoms. The van der Waals surface area contributed by atoms with Gasteiger partial charge in [0.15, 0.2) is 17.5 Å². The van der Waals surface area contributed by atoms with Crippen molar-refractivity contribution in [2.75, 3.05) is 52.7 Å². The van der Waals surface area contributed by atoms with Gasteiger partial charge in [0.25, 0.3) is 0 Å². The molecule has 1 fully saturated rings. The Balaban J connectivity index is 0.00000300. The molecule has 6 nitrogen and oxygen atoms in total. The Bertz CT molecular complexity index is 668. The number of fused-ring (bicyclic) bond motifs is 1. The van der Waals surface area contributed by atoms with Crippen LogP contribution in [0, 0.1) is 0 Å². The van der Waals surface area contributed by atoms with Crippen LogP contribution in [0.3, 0.4) is 0 Å². The molecule has 1 saturated heterocycles. The Hall–Kier alpha value is -0.870. The molecule has 2 N–H and O–H groups in total. The van der Waals surface area contributed by atoms with Gasteiger partial charge in [0, 0.05) is 38.0 Å². The number of rotatable bonds is 8. The smallest absolute Gasteiger partial charge is 0.191 e. The summed E-state index contributed by atoms with van der Waals surface area (Å²) in [6.07, 6.45) is 3.68. The van der Waals surface area contributed by atoms with E-state index in [-0.39, 0.29) is 24.0 Å². The van der Waals surface area contributed by atoms with E-state index in [4.69, 9.17) is 14.5 Å². The van der Waals surface area contributed by atoms with Gasteiger partial charge in [0.05, 0.1) is 20.8 Å². The average molecular weight is 535 g/mol. The standard InChI is InChI=1S/C21H34N4O2S.HI/c1-4-22-21(24-14-18-6-5-11-28-18)23-8-10-25-9-7-16-12-19(26-2)20(27-3)13-17(16)15-25;/h12-13,18H,4-11,14-15H2,1-3H3,(H2,22,23,24);1H. The minimum absolute atomic E-state index is 0. The molecule has 1 unspecified atom stereocenters. The second-order valence-corrected chi connectivity index (χ2v) is 8.69. The molecule has 29 heavy (non-hydrogen) atoms. The third-order valence-corrected chi connectivity index (χ3v) is 6.72. The van der Waals surface area contributed by atoms with Crippen LogP contribution in [0.5, 0.6) is 11.5 Å². The van der Waals surface area contributed by atoms with Crippen LogP contribution in [0.15, 0.2) is 17.1 Å². The second-order valence-electron chi connectivity index (χ2n) is 7.28. The molecule has 2 heterocycles. The number of nitrogens with zero attached hydrogens (tertiary/aromatic N) is 2. The third-order valence-electron chi connectivity index (χ3n) is 5.34. The molecule has 0 saturated carbocycles. The van der Waals surface area contributed by atoms with Gasteiger partial charge in [-0.1, -0.05) is 0 Å². The van der Waals surface area contributed by atoms with Gasteiger partial charge in [-0.3, -0.25) is 9.89 Å². The van der Waals surface area contributed by atoms with E-state index in [0.717, 1.165) is 63.1 Å². The molecule has 8 heteroatoms. The Morgan fingerprint density at radius 1 is 1.21 bits per heavy atom. The molecule has 0 bridgehead atoms. The van der Waals surface area contributed by atoms with Crippen molar-refractivity contribution in [2.45, 2.75) is 38.0 Å². The van der Waals surface area contributed by atoms with E-state index >= 15 is 0 Å². The summed E-state index contributed by atoms with van der Waals surface area (Å²) < 4.78 is 10.9. The van der Waals surface area contributed by atoms with E-state index in [2.05, 4.69) is 46.4 Å². The highest BCUT2D eigenvalue weighted by Crippen LogP contribution is 2.33. The van der Waals surface area contributed by atoms with Gasteiger partial charge in [-0.05, 0) is 55.2 Å². The number of hydrogen-bond donors (Lipinski definition) is 2. The van der Waals surface area contributed by atoms with Crippen molar-refractivity contribution < 1.29 is 9.47 Å². The van der Waals surface area contributed by atoms with Crippen LogP contribution in [0.25, 0.3) is 0 Å². The fourth-order valence-corrected chi connectivity index (χ4v) is 4.97. The van der Waals surface area contributed by atoms with Gasteiger partial charge in [0.2, 0.25) is 0 Å². The summed E-state index contributed by atoms with van der Waals surface area (Å²) in [7, 11) is 3.39. The molecule has 0 aliphatic carbocycles. The number of nitrogens with one attached hydrogen (secondary N) is 2. The lowest BCUT2D eigenvalue weighted by Gasteiger charge is -2.29. The first-order valence-electron chi connectivity index (χ1n) is 10.3. The first-order chi connectivity index (χ1) is 13.7. The Kier molecular flexibility index (Phi) is 10.7. The zero-order valence-electron chi connectivity index (χ0n) is 17.8. The van der Waals surface area contributed by atoms with E-state index in [0.29, 0.717) is 5.25 Å². The lowest BCUT2D eigenvalue weighted by atomic mass is 9.99. The number of halogens is 1. The lowest BCUT2D eigenvalue weighted by Crippen LogP contribution is -2.43. The minimum atomic E-state index is 0. The van der Waals surface area contributed by atoms with Gasteiger partial charge >= 0.3 is 0 Å². The molecule has 1 atom stereocenters. The molecule has 164 valence electrons. The molecular formula is C21H35IN4O2S. The first kappa shape index (κ1) is 24.4. The molecule has 2 aliphatic rings. The van der Waals surface area contributed by atoms with Crippen LogP contribution >= 0.6 is 35.7 Å². The van der Waals surface area contributed by atoms with Crippen LogP contribution in [0.1, 0.15) is 30.9 Å². The lowest BCUT2D eigenvalue weighted by molar-refractivity contribution is 0.256. The van der Waals surface area contributed by atoms with Crippen LogP contribution in [0.2, 0.25) is 0 Å². The van der Waals surface area contributed by atoms with Gasteiger partial charge < -0.3 is 20.1 Å². The molecule has 3 rings (SSSR count). The van der Waals surface area contributed by atoms with Gasteiger partial charge in [-0.25, -0.2) is 0 Å². The molecular weight excluding hydrogens is 499 g/mol. The van der Waals surface area contributed by atoms with E-state index in [1.165, 1.54) is 29.7 Å². The summed E-state index contributed by atoms with van der Waals surface area (Å²) in [6, 6.07) is 4.25. The van der Waals surface area contributed by atoms with Crippen molar-refractivity contribution in [3.05, 3.63) is 23.3 Å². The van der Waals surface area contributed by atoms with E-state index < -0.39 is 0 Å². The number of hydrogen-bond acceptors (Lipinski definition) is 5. The van der Waals surface area contributed by atoms with Crippen LogP contribution < -0.4 is 20.1 Å². The Morgan fingerprint density at radius 2 is 1.97 bits per heavy atom. The molecule has 0 amide bonds. The van der Waals surface area contributed by atoms with Crippen molar-refractivity contribution >= 4 is 41.7 Å². The highest BCUT2D eigenvalue weighted by molar-refractivity contribution is 14.0. The normalized spacial score (nSPS) is 19.3. The summed E-state index contributed by atoms with van der Waals surface area (Å²) in [5, 5.41) is 7.56. The summed E-state index contributed by atoms with van der Waals surface area (Å²) in [5.74, 6) is 3.87. The van der Waals surface area contributed by atoms with Gasteiger partial charge in [-0.15, -0.1) is 24.0 Å². The second kappa shape index (κ2) is 12.7. The number of ether oxygens (including phenoxy) is 2. The molecule has 1 aromatic carbocycles.